The zero-order valence-corrected chi connectivity index (χ0v) is 18.5. The van der Waals surface area contributed by atoms with E-state index in [-0.39, 0.29) is 18.4 Å². The van der Waals surface area contributed by atoms with Crippen LogP contribution in [-0.4, -0.2) is 31.4 Å². The van der Waals surface area contributed by atoms with Crippen molar-refractivity contribution in [3.05, 3.63) is 83.9 Å². The molecule has 0 aliphatic carbocycles. The Morgan fingerprint density at radius 3 is 2.29 bits per heavy atom. The lowest BCUT2D eigenvalue weighted by molar-refractivity contribution is -0.885. The van der Waals surface area contributed by atoms with Crippen LogP contribution in [0.15, 0.2) is 72.8 Å². The molecule has 0 aliphatic rings. The maximum atomic E-state index is 12.9. The number of hydrogen-bond donors (Lipinski definition) is 3. The molecule has 1 unspecified atom stereocenters. The van der Waals surface area contributed by atoms with E-state index in [9.17, 15) is 9.59 Å². The Balaban J connectivity index is 1.64. The zero-order chi connectivity index (χ0) is 22.4. The van der Waals surface area contributed by atoms with E-state index in [4.69, 9.17) is 0 Å². The van der Waals surface area contributed by atoms with Crippen molar-refractivity contribution in [1.29, 1.82) is 0 Å². The minimum atomic E-state index is -0.395. The van der Waals surface area contributed by atoms with Gasteiger partial charge in [0.2, 0.25) is 0 Å². The molecule has 3 rings (SSSR count). The molecule has 0 spiro atoms. The molecule has 0 radical (unpaired) electrons. The predicted molar refractivity (Wildman–Crippen MR) is 126 cm³/mol. The fraction of sp³-hybridized carbons (Fsp3) is 0.231. The zero-order valence-electron chi connectivity index (χ0n) is 18.5. The van der Waals surface area contributed by atoms with Gasteiger partial charge in [0.25, 0.3) is 11.8 Å². The maximum absolute atomic E-state index is 12.9. The SMILES string of the molecule is Cc1ccc(C)c(NC(=O)C[NH+](C)[C@@H](C)C(=O)Nc2ccccc2-c2ccccc2)c1. The number of amides is 2. The van der Waals surface area contributed by atoms with E-state index in [0.29, 0.717) is 0 Å². The van der Waals surface area contributed by atoms with E-state index >= 15 is 0 Å². The largest absolute Gasteiger partial charge is 0.321 e. The summed E-state index contributed by atoms with van der Waals surface area (Å²) in [5.41, 5.74) is 5.69. The van der Waals surface area contributed by atoms with Gasteiger partial charge in [0, 0.05) is 16.9 Å². The number of rotatable bonds is 7. The van der Waals surface area contributed by atoms with Crippen molar-refractivity contribution in [3.8, 4) is 11.1 Å². The lowest BCUT2D eigenvalue weighted by atomic mass is 10.0. The van der Waals surface area contributed by atoms with Gasteiger partial charge in [-0.1, -0.05) is 60.7 Å². The quantitative estimate of drug-likeness (QED) is 0.552. The third-order valence-corrected chi connectivity index (χ3v) is 5.51. The Labute approximate surface area is 184 Å². The molecule has 0 fully saturated rings. The summed E-state index contributed by atoms with van der Waals surface area (Å²) < 4.78 is 0. The molecule has 3 aromatic carbocycles. The number of para-hydroxylation sites is 1. The third kappa shape index (κ3) is 5.80. The standard InChI is InChI=1S/C26H29N3O2/c1-18-14-15-19(2)24(16-18)27-25(30)17-29(4)20(3)26(31)28-23-13-9-8-12-22(23)21-10-6-5-7-11-21/h5-16,20H,17H2,1-4H3,(H,27,30)(H,28,31)/p+1/t20-/m0/s1. The second-order valence-corrected chi connectivity index (χ2v) is 8.01. The van der Waals surface area contributed by atoms with Crippen LogP contribution in [0.3, 0.4) is 0 Å². The minimum Gasteiger partial charge on any atom is -0.321 e. The summed E-state index contributed by atoms with van der Waals surface area (Å²) in [5, 5.41) is 6.00. The number of hydrogen-bond acceptors (Lipinski definition) is 2. The van der Waals surface area contributed by atoms with Crippen LogP contribution in [0.5, 0.6) is 0 Å². The lowest BCUT2D eigenvalue weighted by Crippen LogP contribution is -3.14. The van der Waals surface area contributed by atoms with E-state index in [2.05, 4.69) is 10.6 Å². The first-order valence-corrected chi connectivity index (χ1v) is 10.5. The van der Waals surface area contributed by atoms with Crippen LogP contribution in [0.1, 0.15) is 18.1 Å². The fourth-order valence-corrected chi connectivity index (χ4v) is 3.40. The molecule has 0 aliphatic heterocycles. The van der Waals surface area contributed by atoms with Gasteiger partial charge in [-0.25, -0.2) is 0 Å². The summed E-state index contributed by atoms with van der Waals surface area (Å²) in [4.78, 5) is 26.3. The Kier molecular flexibility index (Phi) is 7.21. The summed E-state index contributed by atoms with van der Waals surface area (Å²) in [6, 6.07) is 23.3. The van der Waals surface area contributed by atoms with E-state index in [0.717, 1.165) is 38.5 Å². The van der Waals surface area contributed by atoms with Crippen molar-refractivity contribution < 1.29 is 14.5 Å². The smallest absolute Gasteiger partial charge is 0.282 e. The highest BCUT2D eigenvalue weighted by atomic mass is 16.2. The van der Waals surface area contributed by atoms with E-state index in [1.165, 1.54) is 0 Å². The molecule has 2 amide bonds. The number of nitrogens with one attached hydrogen (secondary N) is 3. The number of anilines is 2. The third-order valence-electron chi connectivity index (χ3n) is 5.51. The Hall–Kier alpha value is -3.44. The van der Waals surface area contributed by atoms with Crippen LogP contribution in [-0.2, 0) is 9.59 Å². The number of carbonyl (C=O) groups is 2. The van der Waals surface area contributed by atoms with Gasteiger partial charge in [-0.05, 0) is 49.6 Å². The van der Waals surface area contributed by atoms with Gasteiger partial charge in [-0.3, -0.25) is 9.59 Å². The fourth-order valence-electron chi connectivity index (χ4n) is 3.40. The van der Waals surface area contributed by atoms with Crippen molar-refractivity contribution in [1.82, 2.24) is 0 Å². The number of carbonyl (C=O) groups excluding carboxylic acids is 2. The van der Waals surface area contributed by atoms with Crippen LogP contribution in [0.2, 0.25) is 0 Å². The monoisotopic (exact) mass is 416 g/mol. The molecular formula is C26H30N3O2+. The molecule has 0 aromatic heterocycles. The molecule has 5 heteroatoms. The predicted octanol–water partition coefficient (Wildman–Crippen LogP) is 3.45. The Morgan fingerprint density at radius 2 is 1.55 bits per heavy atom. The van der Waals surface area contributed by atoms with Crippen molar-refractivity contribution in [2.45, 2.75) is 26.8 Å². The van der Waals surface area contributed by atoms with Gasteiger partial charge < -0.3 is 15.5 Å². The normalized spacial score (nSPS) is 12.6. The van der Waals surface area contributed by atoms with Gasteiger partial charge >= 0.3 is 0 Å². The number of benzene rings is 3. The number of quaternary nitrogens is 1. The molecule has 31 heavy (non-hydrogen) atoms. The van der Waals surface area contributed by atoms with Gasteiger partial charge in [0.05, 0.1) is 7.05 Å². The van der Waals surface area contributed by atoms with E-state index in [1.54, 1.807) is 0 Å². The van der Waals surface area contributed by atoms with Crippen molar-refractivity contribution >= 4 is 23.2 Å². The first kappa shape index (κ1) is 22.2. The average Bonchev–Trinajstić information content (AvgIpc) is 2.76. The summed E-state index contributed by atoms with van der Waals surface area (Å²) in [6.45, 7) is 5.99. The molecular weight excluding hydrogens is 386 g/mol. The summed E-state index contributed by atoms with van der Waals surface area (Å²) in [7, 11) is 1.86. The maximum Gasteiger partial charge on any atom is 0.282 e. The number of aryl methyl sites for hydroxylation is 2. The summed E-state index contributed by atoms with van der Waals surface area (Å²) in [5.74, 6) is -0.240. The van der Waals surface area contributed by atoms with Gasteiger partial charge in [-0.2, -0.15) is 0 Å². The molecule has 5 nitrogen and oxygen atoms in total. The second-order valence-electron chi connectivity index (χ2n) is 8.01. The molecule has 2 atom stereocenters. The summed E-state index contributed by atoms with van der Waals surface area (Å²) >= 11 is 0. The van der Waals surface area contributed by atoms with Crippen molar-refractivity contribution in [2.75, 3.05) is 24.2 Å². The highest BCUT2D eigenvalue weighted by Gasteiger charge is 2.25. The highest BCUT2D eigenvalue weighted by Crippen LogP contribution is 2.27. The van der Waals surface area contributed by atoms with Gasteiger partial charge in [0.1, 0.15) is 0 Å². The van der Waals surface area contributed by atoms with Crippen molar-refractivity contribution in [3.63, 3.8) is 0 Å². The van der Waals surface area contributed by atoms with Crippen LogP contribution in [0.4, 0.5) is 11.4 Å². The van der Waals surface area contributed by atoms with Crippen LogP contribution in [0, 0.1) is 13.8 Å². The molecule has 160 valence electrons. The Bertz CT molecular complexity index is 1060. The first-order chi connectivity index (χ1) is 14.8. The molecule has 3 aromatic rings. The van der Waals surface area contributed by atoms with E-state index in [1.807, 2.05) is 101 Å². The van der Waals surface area contributed by atoms with Crippen molar-refractivity contribution in [2.24, 2.45) is 0 Å². The van der Waals surface area contributed by atoms with Crippen LogP contribution >= 0.6 is 0 Å². The number of likely N-dealkylation sites (N-methyl/N-ethyl adjacent to an activating group) is 1. The van der Waals surface area contributed by atoms with Crippen LogP contribution < -0.4 is 15.5 Å². The first-order valence-electron chi connectivity index (χ1n) is 10.5. The average molecular weight is 417 g/mol. The highest BCUT2D eigenvalue weighted by molar-refractivity contribution is 5.98. The molecule has 0 heterocycles. The van der Waals surface area contributed by atoms with Gasteiger partial charge in [-0.15, -0.1) is 0 Å². The van der Waals surface area contributed by atoms with Gasteiger partial charge in [0.15, 0.2) is 12.6 Å². The molecule has 0 saturated carbocycles. The summed E-state index contributed by atoms with van der Waals surface area (Å²) in [6.07, 6.45) is 0. The second kappa shape index (κ2) is 10.0. The van der Waals surface area contributed by atoms with Crippen LogP contribution in [0.25, 0.3) is 11.1 Å². The topological polar surface area (TPSA) is 62.6 Å². The Morgan fingerprint density at radius 1 is 0.871 bits per heavy atom. The lowest BCUT2D eigenvalue weighted by Gasteiger charge is -2.21. The molecule has 0 saturated heterocycles. The molecule has 3 N–H and O–H groups in total. The van der Waals surface area contributed by atoms with E-state index < -0.39 is 6.04 Å². The molecule has 0 bridgehead atoms. The minimum absolute atomic E-state index is 0.115.